The van der Waals surface area contributed by atoms with Crippen LogP contribution in [-0.4, -0.2) is 55.8 Å². The fourth-order valence-corrected chi connectivity index (χ4v) is 8.06. The fourth-order valence-electron chi connectivity index (χ4n) is 4.23. The normalized spacial score (nSPS) is 17.1. The molecule has 0 bridgehead atoms. The number of nitrogens with two attached hydrogens (primary N) is 1. The first-order chi connectivity index (χ1) is 17.9. The van der Waals surface area contributed by atoms with E-state index in [1.807, 2.05) is 6.07 Å². The van der Waals surface area contributed by atoms with Crippen LogP contribution >= 0.6 is 23.2 Å². The van der Waals surface area contributed by atoms with Crippen LogP contribution in [0.3, 0.4) is 0 Å². The zero-order valence-electron chi connectivity index (χ0n) is 20.4. The molecule has 0 spiro atoms. The maximum atomic E-state index is 13.7. The minimum absolute atomic E-state index is 0.00655. The lowest BCUT2D eigenvalue weighted by Gasteiger charge is -2.28. The van der Waals surface area contributed by atoms with Gasteiger partial charge in [0, 0.05) is 26.2 Å². The van der Waals surface area contributed by atoms with Gasteiger partial charge in [0.2, 0.25) is 20.0 Å². The topological polar surface area (TPSA) is 156 Å². The highest BCUT2D eigenvalue weighted by molar-refractivity contribution is 7.90. The monoisotopic (exact) mass is 601 g/mol. The number of benzene rings is 2. The van der Waals surface area contributed by atoms with Crippen LogP contribution in [0.1, 0.15) is 22.6 Å². The van der Waals surface area contributed by atoms with Gasteiger partial charge in [-0.05, 0) is 43.2 Å². The molecule has 2 aromatic carbocycles. The Hall–Kier alpha value is -2.52. The molecule has 4 rings (SSSR count). The van der Waals surface area contributed by atoms with Crippen LogP contribution in [0.2, 0.25) is 10.0 Å². The third-order valence-electron chi connectivity index (χ3n) is 6.05. The molecule has 1 aliphatic heterocycles. The summed E-state index contributed by atoms with van der Waals surface area (Å²) >= 11 is 12.0. The summed E-state index contributed by atoms with van der Waals surface area (Å²) in [6.07, 6.45) is -1.73. The Morgan fingerprint density at radius 1 is 1.03 bits per heavy atom. The van der Waals surface area contributed by atoms with Gasteiger partial charge in [0.1, 0.15) is 10.6 Å². The number of aryl methyl sites for hydroxylation is 2. The van der Waals surface area contributed by atoms with Crippen LogP contribution in [0.25, 0.3) is 0 Å². The Bertz CT molecular complexity index is 1570. The van der Waals surface area contributed by atoms with Gasteiger partial charge in [0.15, 0.2) is 11.9 Å². The zero-order chi connectivity index (χ0) is 27.8. The molecule has 1 amide bonds. The van der Waals surface area contributed by atoms with Crippen LogP contribution in [0.4, 0.5) is 0 Å². The van der Waals surface area contributed by atoms with E-state index < -0.39 is 32.1 Å². The van der Waals surface area contributed by atoms with Gasteiger partial charge < -0.3 is 15.6 Å². The molecule has 38 heavy (non-hydrogen) atoms. The standard InChI is InChI=1S/C23H25Cl2N5O6S2/c1-14-21(15(2)36-28-14)38(34,35)30-9-8-29(37(32,33)18-6-7-19(24)20(25)11-18)23(30)22(31)27-13-17-5-3-4-16(10-17)12-26/h3-7,10-11,23H,8-9,12-13,26H2,1-2H3,(H,27,31). The average Bonchev–Trinajstić information content (AvgIpc) is 3.49. The van der Waals surface area contributed by atoms with E-state index in [-0.39, 0.29) is 50.9 Å². The van der Waals surface area contributed by atoms with Gasteiger partial charge in [-0.3, -0.25) is 4.79 Å². The van der Waals surface area contributed by atoms with E-state index >= 15 is 0 Å². The molecule has 204 valence electrons. The number of nitrogens with zero attached hydrogens (tertiary/aromatic N) is 3. The molecular weight excluding hydrogens is 577 g/mol. The van der Waals surface area contributed by atoms with Crippen molar-refractivity contribution in [2.75, 3.05) is 13.1 Å². The highest BCUT2D eigenvalue weighted by atomic mass is 35.5. The molecule has 3 aromatic rings. The van der Waals surface area contributed by atoms with E-state index in [2.05, 4.69) is 10.5 Å². The molecule has 1 atom stereocenters. The summed E-state index contributed by atoms with van der Waals surface area (Å²) in [4.78, 5) is 13.1. The van der Waals surface area contributed by atoms with Crippen molar-refractivity contribution in [1.82, 2.24) is 19.1 Å². The SMILES string of the molecule is Cc1noc(C)c1S(=O)(=O)N1CCN(S(=O)(=O)c2ccc(Cl)c(Cl)c2)C1C(=O)NCc1cccc(CN)c1. The summed E-state index contributed by atoms with van der Waals surface area (Å²) in [7, 11) is -8.77. The van der Waals surface area contributed by atoms with Gasteiger partial charge in [-0.1, -0.05) is 52.6 Å². The van der Waals surface area contributed by atoms with E-state index in [0.29, 0.717) is 12.1 Å². The zero-order valence-corrected chi connectivity index (χ0v) is 23.5. The smallest absolute Gasteiger partial charge is 0.254 e. The second-order valence-corrected chi connectivity index (χ2v) is 13.1. The molecule has 2 heterocycles. The number of nitrogens with one attached hydrogen (secondary N) is 1. The Balaban J connectivity index is 1.74. The van der Waals surface area contributed by atoms with Crippen molar-refractivity contribution in [1.29, 1.82) is 0 Å². The van der Waals surface area contributed by atoms with Crippen LogP contribution in [0, 0.1) is 13.8 Å². The lowest BCUT2D eigenvalue weighted by molar-refractivity contribution is -0.126. The van der Waals surface area contributed by atoms with Crippen LogP contribution in [-0.2, 0) is 37.9 Å². The molecular formula is C23H25Cl2N5O6S2. The lowest BCUT2D eigenvalue weighted by Crippen LogP contribution is -2.53. The van der Waals surface area contributed by atoms with Crippen molar-refractivity contribution in [3.8, 4) is 0 Å². The largest absolute Gasteiger partial charge is 0.360 e. The number of hydrogen-bond acceptors (Lipinski definition) is 8. The summed E-state index contributed by atoms with van der Waals surface area (Å²) in [6.45, 7) is 2.61. The molecule has 1 saturated heterocycles. The Morgan fingerprint density at radius 2 is 1.68 bits per heavy atom. The average molecular weight is 603 g/mol. The molecule has 1 aromatic heterocycles. The predicted molar refractivity (Wildman–Crippen MR) is 140 cm³/mol. The van der Waals surface area contributed by atoms with Gasteiger partial charge in [-0.2, -0.15) is 8.61 Å². The van der Waals surface area contributed by atoms with Crippen molar-refractivity contribution in [3.05, 3.63) is 75.1 Å². The van der Waals surface area contributed by atoms with Crippen molar-refractivity contribution >= 4 is 49.2 Å². The molecule has 3 N–H and O–H groups in total. The summed E-state index contributed by atoms with van der Waals surface area (Å²) in [5.41, 5.74) is 7.32. The van der Waals surface area contributed by atoms with Gasteiger partial charge >= 0.3 is 0 Å². The Morgan fingerprint density at radius 3 is 2.29 bits per heavy atom. The van der Waals surface area contributed by atoms with Gasteiger partial charge in [0.25, 0.3) is 5.91 Å². The summed E-state index contributed by atoms with van der Waals surface area (Å²) in [6, 6.07) is 10.8. The molecule has 0 radical (unpaired) electrons. The molecule has 15 heteroatoms. The maximum Gasteiger partial charge on any atom is 0.254 e. The van der Waals surface area contributed by atoms with Crippen molar-refractivity contribution in [2.24, 2.45) is 5.73 Å². The van der Waals surface area contributed by atoms with E-state index in [1.165, 1.54) is 26.0 Å². The summed E-state index contributed by atoms with van der Waals surface area (Å²) in [5.74, 6) is -0.814. The third-order valence-corrected chi connectivity index (χ3v) is 10.7. The summed E-state index contributed by atoms with van der Waals surface area (Å²) < 4.78 is 61.3. The number of halogens is 2. The minimum Gasteiger partial charge on any atom is -0.360 e. The number of carbonyl (C=O) groups is 1. The molecule has 1 aliphatic rings. The molecule has 11 nitrogen and oxygen atoms in total. The highest BCUT2D eigenvalue weighted by Crippen LogP contribution is 2.33. The maximum absolute atomic E-state index is 13.7. The molecule has 1 unspecified atom stereocenters. The first-order valence-corrected chi connectivity index (χ1v) is 15.0. The first-order valence-electron chi connectivity index (χ1n) is 11.3. The molecule has 0 aliphatic carbocycles. The van der Waals surface area contributed by atoms with Crippen LogP contribution in [0.15, 0.2) is 56.8 Å². The van der Waals surface area contributed by atoms with E-state index in [0.717, 1.165) is 20.2 Å². The van der Waals surface area contributed by atoms with E-state index in [9.17, 15) is 21.6 Å². The second-order valence-electron chi connectivity index (χ2n) is 8.58. The lowest BCUT2D eigenvalue weighted by atomic mass is 10.1. The number of carbonyl (C=O) groups excluding carboxylic acids is 1. The quantitative estimate of drug-likeness (QED) is 0.398. The molecule has 1 fully saturated rings. The Kier molecular flexibility index (Phi) is 8.19. The predicted octanol–water partition coefficient (Wildman–Crippen LogP) is 2.39. The van der Waals surface area contributed by atoms with E-state index in [4.69, 9.17) is 33.5 Å². The Labute approximate surface area is 230 Å². The third kappa shape index (κ3) is 5.32. The van der Waals surface area contributed by atoms with Crippen molar-refractivity contribution in [2.45, 2.75) is 42.9 Å². The second kappa shape index (κ2) is 10.9. The number of hydrogen-bond donors (Lipinski definition) is 2. The van der Waals surface area contributed by atoms with Gasteiger partial charge in [0.05, 0.1) is 14.9 Å². The number of rotatable bonds is 8. The van der Waals surface area contributed by atoms with Gasteiger partial charge in [-0.15, -0.1) is 0 Å². The number of aromatic nitrogens is 1. The summed E-state index contributed by atoms with van der Waals surface area (Å²) in [5, 5.41) is 6.50. The minimum atomic E-state index is -4.39. The number of sulfonamides is 2. The fraction of sp³-hybridized carbons (Fsp3) is 0.304. The van der Waals surface area contributed by atoms with Crippen molar-refractivity contribution in [3.63, 3.8) is 0 Å². The molecule has 0 saturated carbocycles. The van der Waals surface area contributed by atoms with Crippen LogP contribution in [0.5, 0.6) is 0 Å². The number of amides is 1. The van der Waals surface area contributed by atoms with Crippen LogP contribution < -0.4 is 11.1 Å². The highest BCUT2D eigenvalue weighted by Gasteiger charge is 2.50. The first kappa shape index (κ1) is 28.5. The van der Waals surface area contributed by atoms with E-state index in [1.54, 1.807) is 18.2 Å². The van der Waals surface area contributed by atoms with Gasteiger partial charge in [-0.25, -0.2) is 16.8 Å². The van der Waals surface area contributed by atoms with Crippen molar-refractivity contribution < 1.29 is 26.2 Å².